The zero-order chi connectivity index (χ0) is 15.7. The molecule has 5 heteroatoms. The minimum absolute atomic E-state index is 0.0261. The summed E-state index contributed by atoms with van der Waals surface area (Å²) in [5.41, 5.74) is 6.86. The van der Waals surface area contributed by atoms with Crippen LogP contribution in [0.1, 0.15) is 44.1 Å². The minimum atomic E-state index is -0.394. The van der Waals surface area contributed by atoms with Gasteiger partial charge in [-0.3, -0.25) is 4.79 Å². The molecule has 1 heterocycles. The highest BCUT2D eigenvalue weighted by Crippen LogP contribution is 2.38. The Kier molecular flexibility index (Phi) is 4.50. The van der Waals surface area contributed by atoms with Crippen LogP contribution in [0.5, 0.6) is 0 Å². The van der Waals surface area contributed by atoms with Gasteiger partial charge in [0.25, 0.3) is 0 Å². The molecule has 1 aromatic rings. The van der Waals surface area contributed by atoms with Crippen LogP contribution in [0.2, 0.25) is 5.02 Å². The van der Waals surface area contributed by atoms with Crippen LogP contribution >= 0.6 is 11.6 Å². The van der Waals surface area contributed by atoms with Crippen LogP contribution in [0.4, 0.5) is 0 Å². The predicted octanol–water partition coefficient (Wildman–Crippen LogP) is 3.08. The van der Waals surface area contributed by atoms with E-state index in [1.807, 2.05) is 31.2 Å². The first kappa shape index (κ1) is 15.5. The van der Waals surface area contributed by atoms with Gasteiger partial charge in [0.05, 0.1) is 0 Å². The summed E-state index contributed by atoms with van der Waals surface area (Å²) in [6.45, 7) is 1.91. The van der Waals surface area contributed by atoms with Crippen LogP contribution in [0.25, 0.3) is 0 Å². The van der Waals surface area contributed by atoms with Gasteiger partial charge in [0, 0.05) is 23.4 Å². The molecule has 4 atom stereocenters. The molecule has 1 fully saturated rings. The molecule has 3 rings (SSSR count). The van der Waals surface area contributed by atoms with Gasteiger partial charge >= 0.3 is 0 Å². The summed E-state index contributed by atoms with van der Waals surface area (Å²) in [6.07, 6.45) is 2.77. The smallest absolute Gasteiger partial charge is 0.198 e. The fourth-order valence-electron chi connectivity index (χ4n) is 3.31. The van der Waals surface area contributed by atoms with E-state index < -0.39 is 6.04 Å². The Morgan fingerprint density at radius 3 is 2.91 bits per heavy atom. The van der Waals surface area contributed by atoms with Crippen molar-refractivity contribution >= 4 is 23.3 Å². The van der Waals surface area contributed by atoms with Crippen LogP contribution in [0.3, 0.4) is 0 Å². The molecule has 0 spiro atoms. The molecule has 2 aliphatic rings. The Bertz CT molecular complexity index is 600. The molecular formula is C17H21ClN2O2. The third kappa shape index (κ3) is 3.03. The van der Waals surface area contributed by atoms with Gasteiger partial charge in [-0.2, -0.15) is 0 Å². The topological polar surface area (TPSA) is 64.7 Å². The molecule has 1 aromatic carbocycles. The van der Waals surface area contributed by atoms with E-state index in [4.69, 9.17) is 22.1 Å². The molecule has 1 aliphatic carbocycles. The first-order valence-electron chi connectivity index (χ1n) is 7.83. The van der Waals surface area contributed by atoms with Crippen molar-refractivity contribution in [1.82, 2.24) is 0 Å². The Morgan fingerprint density at radius 2 is 2.18 bits per heavy atom. The number of rotatable bonds is 3. The highest BCUT2D eigenvalue weighted by molar-refractivity contribution is 6.31. The number of ether oxygens (including phenoxy) is 1. The fourth-order valence-corrected chi connectivity index (χ4v) is 3.59. The third-order valence-electron chi connectivity index (χ3n) is 4.33. The van der Waals surface area contributed by atoms with Crippen LogP contribution < -0.4 is 5.73 Å². The highest BCUT2D eigenvalue weighted by Gasteiger charge is 2.42. The number of carbonyl (C=O) groups is 1. The number of aliphatic imine (C=N–C) groups is 1. The molecule has 0 amide bonds. The van der Waals surface area contributed by atoms with E-state index in [1.54, 1.807) is 0 Å². The van der Waals surface area contributed by atoms with Crippen molar-refractivity contribution in [2.45, 2.75) is 56.7 Å². The van der Waals surface area contributed by atoms with Crippen LogP contribution in [-0.2, 0) is 9.53 Å². The molecule has 2 bridgehead atoms. The predicted molar refractivity (Wildman–Crippen MR) is 87.4 cm³/mol. The molecular weight excluding hydrogens is 300 g/mol. The monoisotopic (exact) mass is 320 g/mol. The summed E-state index contributed by atoms with van der Waals surface area (Å²) in [4.78, 5) is 17.2. The molecule has 22 heavy (non-hydrogen) atoms. The Hall–Kier alpha value is -1.39. The fraction of sp³-hybridized carbons (Fsp3) is 0.529. The molecule has 0 aromatic heterocycles. The number of hydrogen-bond donors (Lipinski definition) is 1. The lowest BCUT2D eigenvalue weighted by Gasteiger charge is -2.29. The molecule has 0 saturated heterocycles. The highest BCUT2D eigenvalue weighted by atomic mass is 35.5. The molecule has 1 saturated carbocycles. The summed E-state index contributed by atoms with van der Waals surface area (Å²) in [7, 11) is 0. The number of nitrogens with two attached hydrogens (primary N) is 1. The van der Waals surface area contributed by atoms with E-state index in [0.717, 1.165) is 24.8 Å². The number of ketones is 1. The van der Waals surface area contributed by atoms with Crippen molar-refractivity contribution in [3.05, 3.63) is 34.9 Å². The van der Waals surface area contributed by atoms with Crippen molar-refractivity contribution in [1.29, 1.82) is 0 Å². The maximum Gasteiger partial charge on any atom is 0.198 e. The van der Waals surface area contributed by atoms with Gasteiger partial charge in [0.1, 0.15) is 6.04 Å². The summed E-state index contributed by atoms with van der Waals surface area (Å²) in [6, 6.07) is 7.30. The van der Waals surface area contributed by atoms with E-state index >= 15 is 0 Å². The van der Waals surface area contributed by atoms with Gasteiger partial charge in [0.2, 0.25) is 0 Å². The maximum atomic E-state index is 12.6. The van der Waals surface area contributed by atoms with Crippen LogP contribution in [0.15, 0.2) is 29.3 Å². The van der Waals surface area contributed by atoms with Gasteiger partial charge in [-0.25, -0.2) is 4.99 Å². The van der Waals surface area contributed by atoms with E-state index in [-0.39, 0.29) is 23.8 Å². The van der Waals surface area contributed by atoms with Gasteiger partial charge < -0.3 is 10.5 Å². The number of halogens is 1. The molecule has 1 aliphatic heterocycles. The van der Waals surface area contributed by atoms with Gasteiger partial charge in [0.15, 0.2) is 17.8 Å². The largest absolute Gasteiger partial charge is 0.470 e. The third-order valence-corrected chi connectivity index (χ3v) is 4.68. The zero-order valence-electron chi connectivity index (χ0n) is 12.7. The molecule has 118 valence electrons. The Labute approximate surface area is 135 Å². The second-order valence-corrected chi connectivity index (χ2v) is 6.62. The maximum absolute atomic E-state index is 12.6. The van der Waals surface area contributed by atoms with Crippen LogP contribution in [-0.4, -0.2) is 29.9 Å². The number of hydrogen-bond acceptors (Lipinski definition) is 4. The average molecular weight is 321 g/mol. The normalized spacial score (nSPS) is 29.3. The van der Waals surface area contributed by atoms with Crippen molar-refractivity contribution in [2.24, 2.45) is 10.7 Å². The lowest BCUT2D eigenvalue weighted by atomic mass is 9.86. The molecule has 4 nitrogen and oxygen atoms in total. The summed E-state index contributed by atoms with van der Waals surface area (Å²) >= 11 is 6.34. The van der Waals surface area contributed by atoms with Crippen molar-refractivity contribution in [3.63, 3.8) is 0 Å². The van der Waals surface area contributed by atoms with E-state index in [2.05, 4.69) is 4.99 Å². The number of carbonyl (C=O) groups excluding carboxylic acids is 1. The number of fused-ring (bicyclic) bond motifs is 2. The average Bonchev–Trinajstić information content (AvgIpc) is 2.56. The first-order valence-corrected chi connectivity index (χ1v) is 8.21. The Morgan fingerprint density at radius 1 is 1.41 bits per heavy atom. The summed E-state index contributed by atoms with van der Waals surface area (Å²) in [5, 5.41) is 0.703. The number of Topliss-reactive ketones (excluding diaryl/α,β-unsaturated/α-hetero) is 1. The SMILES string of the molecule is CC(N)CC1=NC2C(=O)C(CCCC2c2ccccc2Cl)O1. The number of nitrogens with zero attached hydrogens (tertiary/aromatic N) is 1. The quantitative estimate of drug-likeness (QED) is 0.930. The standard InChI is InChI=1S/C17H21ClN2O2/c1-10(19)9-15-20-16-12(11-5-2-3-7-13(11)18)6-4-8-14(22-15)17(16)21/h2-3,5,7,10,12,14,16H,4,6,8-9,19H2,1H3. The molecule has 0 radical (unpaired) electrons. The van der Waals surface area contributed by atoms with Crippen molar-refractivity contribution in [2.75, 3.05) is 0 Å². The van der Waals surface area contributed by atoms with Gasteiger partial charge in [-0.05, 0) is 37.8 Å². The second-order valence-electron chi connectivity index (χ2n) is 6.22. The van der Waals surface area contributed by atoms with Gasteiger partial charge in [-0.15, -0.1) is 0 Å². The van der Waals surface area contributed by atoms with Crippen molar-refractivity contribution < 1.29 is 9.53 Å². The summed E-state index contributed by atoms with van der Waals surface area (Å²) in [5.74, 6) is 0.720. The van der Waals surface area contributed by atoms with E-state index in [0.29, 0.717) is 17.3 Å². The second kappa shape index (κ2) is 6.39. The van der Waals surface area contributed by atoms with Gasteiger partial charge in [-0.1, -0.05) is 29.8 Å². The van der Waals surface area contributed by atoms with Crippen LogP contribution in [0, 0.1) is 0 Å². The minimum Gasteiger partial charge on any atom is -0.470 e. The number of benzene rings is 1. The lowest BCUT2D eigenvalue weighted by Crippen LogP contribution is -2.42. The molecule has 4 unspecified atom stereocenters. The zero-order valence-corrected chi connectivity index (χ0v) is 13.4. The summed E-state index contributed by atoms with van der Waals surface area (Å²) < 4.78 is 5.76. The van der Waals surface area contributed by atoms with E-state index in [1.165, 1.54) is 0 Å². The van der Waals surface area contributed by atoms with E-state index in [9.17, 15) is 4.79 Å². The molecule has 2 N–H and O–H groups in total. The first-order chi connectivity index (χ1) is 10.6. The van der Waals surface area contributed by atoms with Crippen molar-refractivity contribution in [3.8, 4) is 0 Å². The lowest BCUT2D eigenvalue weighted by molar-refractivity contribution is -0.129. The Balaban J connectivity index is 1.97.